The molecule has 1 fully saturated rings. The maximum atomic E-state index is 12.9. The van der Waals surface area contributed by atoms with E-state index in [0.29, 0.717) is 25.3 Å². The Hall–Kier alpha value is -2.85. The van der Waals surface area contributed by atoms with Crippen molar-refractivity contribution in [2.75, 3.05) is 25.1 Å². The lowest BCUT2D eigenvalue weighted by Gasteiger charge is -2.33. The number of carbonyl (C=O) groups excluding carboxylic acids is 2. The summed E-state index contributed by atoms with van der Waals surface area (Å²) in [6, 6.07) is 1.68. The van der Waals surface area contributed by atoms with Crippen LogP contribution in [0.5, 0.6) is 0 Å². The highest BCUT2D eigenvalue weighted by molar-refractivity contribution is 5.86. The highest BCUT2D eigenvalue weighted by Gasteiger charge is 2.35. The predicted molar refractivity (Wildman–Crippen MR) is 106 cm³/mol. The van der Waals surface area contributed by atoms with Crippen LogP contribution in [0.15, 0.2) is 18.2 Å². The van der Waals surface area contributed by atoms with Gasteiger partial charge in [-0.3, -0.25) is 14.9 Å². The number of nitrogens with zero attached hydrogens (tertiary/aromatic N) is 2. The Morgan fingerprint density at radius 3 is 2.39 bits per heavy atom. The highest BCUT2D eigenvalue weighted by Crippen LogP contribution is 2.37. The van der Waals surface area contributed by atoms with Gasteiger partial charge in [0.1, 0.15) is 11.7 Å². The summed E-state index contributed by atoms with van der Waals surface area (Å²) in [7, 11) is 1.25. The molecule has 1 heterocycles. The van der Waals surface area contributed by atoms with Gasteiger partial charge in [-0.2, -0.15) is 13.2 Å². The van der Waals surface area contributed by atoms with Crippen molar-refractivity contribution in [2.24, 2.45) is 11.8 Å². The first-order valence-corrected chi connectivity index (χ1v) is 9.92. The molecule has 172 valence electrons. The molecule has 0 bridgehead atoms. The van der Waals surface area contributed by atoms with Crippen molar-refractivity contribution in [2.45, 2.75) is 45.3 Å². The number of nitro groups is 1. The average Bonchev–Trinajstić information content (AvgIpc) is 2.71. The third-order valence-electron chi connectivity index (χ3n) is 5.22. The van der Waals surface area contributed by atoms with Gasteiger partial charge in [0.15, 0.2) is 0 Å². The van der Waals surface area contributed by atoms with E-state index in [1.54, 1.807) is 4.90 Å². The standard InChI is InChI=1S/C20H26F3N3O5/c1-12(2)10-15(19(28)31-3)24-18(27)13-6-8-25(9-7-13)16-5-4-14(20(21,22)23)11-17(16)26(29)30/h4-5,11-13,15H,6-10H2,1-3H3,(H,24,27). The van der Waals surface area contributed by atoms with Crippen LogP contribution in [-0.4, -0.2) is 43.0 Å². The van der Waals surface area contributed by atoms with E-state index < -0.39 is 40.3 Å². The maximum absolute atomic E-state index is 12.9. The minimum absolute atomic E-state index is 0.0871. The summed E-state index contributed by atoms with van der Waals surface area (Å²) < 4.78 is 43.4. The molecule has 2 rings (SSSR count). The van der Waals surface area contributed by atoms with Crippen molar-refractivity contribution >= 4 is 23.3 Å². The number of amides is 1. The first-order valence-electron chi connectivity index (χ1n) is 9.92. The Morgan fingerprint density at radius 1 is 1.29 bits per heavy atom. The number of hydrogen-bond acceptors (Lipinski definition) is 6. The number of esters is 1. The molecule has 0 radical (unpaired) electrons. The second-order valence-corrected chi connectivity index (χ2v) is 7.93. The van der Waals surface area contributed by atoms with Gasteiger partial charge < -0.3 is 15.0 Å². The van der Waals surface area contributed by atoms with Crippen LogP contribution >= 0.6 is 0 Å². The zero-order valence-corrected chi connectivity index (χ0v) is 17.6. The normalized spacial score (nSPS) is 16.2. The summed E-state index contributed by atoms with van der Waals surface area (Å²) in [5, 5.41) is 14.0. The van der Waals surface area contributed by atoms with E-state index in [2.05, 4.69) is 5.32 Å². The Kier molecular flexibility index (Phi) is 7.85. The number of methoxy groups -OCH3 is 1. The van der Waals surface area contributed by atoms with Crippen LogP contribution in [0.2, 0.25) is 0 Å². The molecule has 31 heavy (non-hydrogen) atoms. The van der Waals surface area contributed by atoms with Crippen molar-refractivity contribution in [3.8, 4) is 0 Å². The topological polar surface area (TPSA) is 102 Å². The highest BCUT2D eigenvalue weighted by atomic mass is 19.4. The molecule has 0 saturated carbocycles. The van der Waals surface area contributed by atoms with Gasteiger partial charge in [0, 0.05) is 25.1 Å². The molecule has 1 unspecified atom stereocenters. The van der Waals surface area contributed by atoms with Crippen LogP contribution in [0, 0.1) is 22.0 Å². The second-order valence-electron chi connectivity index (χ2n) is 7.93. The van der Waals surface area contributed by atoms with Crippen LogP contribution in [-0.2, 0) is 20.5 Å². The number of nitro benzene ring substituents is 1. The molecule has 1 aliphatic rings. The number of ether oxygens (including phenoxy) is 1. The second kappa shape index (κ2) is 9.97. The Labute approximate surface area is 177 Å². The molecule has 0 aromatic heterocycles. The minimum atomic E-state index is -4.68. The summed E-state index contributed by atoms with van der Waals surface area (Å²) >= 11 is 0. The zero-order chi connectivity index (χ0) is 23.3. The Morgan fingerprint density at radius 2 is 1.90 bits per heavy atom. The number of hydrogen-bond donors (Lipinski definition) is 1. The lowest BCUT2D eigenvalue weighted by Crippen LogP contribution is -2.47. The fourth-order valence-electron chi connectivity index (χ4n) is 3.61. The fraction of sp³-hybridized carbons (Fsp3) is 0.600. The van der Waals surface area contributed by atoms with Gasteiger partial charge in [0.05, 0.1) is 17.6 Å². The van der Waals surface area contributed by atoms with E-state index in [-0.39, 0.29) is 30.6 Å². The largest absolute Gasteiger partial charge is 0.467 e. The maximum Gasteiger partial charge on any atom is 0.416 e. The molecule has 8 nitrogen and oxygen atoms in total. The fourth-order valence-corrected chi connectivity index (χ4v) is 3.61. The zero-order valence-electron chi connectivity index (χ0n) is 17.6. The smallest absolute Gasteiger partial charge is 0.416 e. The number of benzene rings is 1. The van der Waals surface area contributed by atoms with Crippen molar-refractivity contribution in [1.29, 1.82) is 0 Å². The molecule has 1 N–H and O–H groups in total. The molecule has 11 heteroatoms. The van der Waals surface area contributed by atoms with Gasteiger partial charge >= 0.3 is 12.1 Å². The summed E-state index contributed by atoms with van der Waals surface area (Å²) in [6.07, 6.45) is -3.56. The number of nitrogens with one attached hydrogen (secondary N) is 1. The number of piperidine rings is 1. The molecule has 0 spiro atoms. The number of anilines is 1. The first-order chi connectivity index (χ1) is 14.4. The number of rotatable bonds is 7. The Balaban J connectivity index is 2.07. The lowest BCUT2D eigenvalue weighted by atomic mass is 9.94. The third-order valence-corrected chi connectivity index (χ3v) is 5.22. The van der Waals surface area contributed by atoms with Crippen molar-refractivity contribution in [3.63, 3.8) is 0 Å². The van der Waals surface area contributed by atoms with Crippen molar-refractivity contribution in [3.05, 3.63) is 33.9 Å². The molecule has 1 aromatic rings. The summed E-state index contributed by atoms with van der Waals surface area (Å²) in [5.74, 6) is -1.09. The summed E-state index contributed by atoms with van der Waals surface area (Å²) in [6.45, 7) is 4.35. The monoisotopic (exact) mass is 445 g/mol. The molecule has 1 amide bonds. The van der Waals surface area contributed by atoms with E-state index in [4.69, 9.17) is 4.74 Å². The number of halogens is 3. The molecule has 1 saturated heterocycles. The van der Waals surface area contributed by atoms with Gasteiger partial charge in [-0.05, 0) is 37.3 Å². The number of carbonyl (C=O) groups is 2. The van der Waals surface area contributed by atoms with Gasteiger partial charge in [0.25, 0.3) is 5.69 Å². The van der Waals surface area contributed by atoms with Crippen LogP contribution in [0.4, 0.5) is 24.5 Å². The third kappa shape index (κ3) is 6.31. The van der Waals surface area contributed by atoms with Crippen LogP contribution in [0.25, 0.3) is 0 Å². The molecular weight excluding hydrogens is 419 g/mol. The van der Waals surface area contributed by atoms with E-state index in [1.165, 1.54) is 7.11 Å². The van der Waals surface area contributed by atoms with E-state index >= 15 is 0 Å². The quantitative estimate of drug-likeness (QED) is 0.391. The SMILES string of the molecule is COC(=O)C(CC(C)C)NC(=O)C1CCN(c2ccc(C(F)(F)F)cc2[N+](=O)[O-])CC1. The summed E-state index contributed by atoms with van der Waals surface area (Å²) in [5.41, 5.74) is -1.62. The van der Waals surface area contributed by atoms with Crippen LogP contribution in [0.3, 0.4) is 0 Å². The summed E-state index contributed by atoms with van der Waals surface area (Å²) in [4.78, 5) is 36.6. The molecule has 1 aromatic carbocycles. The van der Waals surface area contributed by atoms with Crippen molar-refractivity contribution < 1.29 is 32.4 Å². The van der Waals surface area contributed by atoms with E-state index in [9.17, 15) is 32.9 Å². The molecule has 1 aliphatic heterocycles. The molecule has 1 atom stereocenters. The average molecular weight is 445 g/mol. The lowest BCUT2D eigenvalue weighted by molar-refractivity contribution is -0.384. The minimum Gasteiger partial charge on any atom is -0.467 e. The van der Waals surface area contributed by atoms with Crippen LogP contribution in [0.1, 0.15) is 38.7 Å². The van der Waals surface area contributed by atoms with E-state index in [1.807, 2.05) is 13.8 Å². The van der Waals surface area contributed by atoms with Gasteiger partial charge in [-0.25, -0.2) is 4.79 Å². The molecule has 0 aliphatic carbocycles. The first kappa shape index (κ1) is 24.4. The Bertz CT molecular complexity index is 821. The van der Waals surface area contributed by atoms with Crippen LogP contribution < -0.4 is 10.2 Å². The molecular formula is C20H26F3N3O5. The van der Waals surface area contributed by atoms with E-state index in [0.717, 1.165) is 12.1 Å². The number of alkyl halides is 3. The van der Waals surface area contributed by atoms with Crippen molar-refractivity contribution in [1.82, 2.24) is 5.32 Å². The van der Waals surface area contributed by atoms with Gasteiger partial charge in [0.2, 0.25) is 5.91 Å². The van der Waals surface area contributed by atoms with Gasteiger partial charge in [-0.15, -0.1) is 0 Å². The van der Waals surface area contributed by atoms with Gasteiger partial charge in [-0.1, -0.05) is 13.8 Å². The predicted octanol–water partition coefficient (Wildman–Crippen LogP) is 3.53.